The number of ether oxygens (including phenoxy) is 3. The number of aromatic amines is 2. The van der Waals surface area contributed by atoms with Crippen LogP contribution in [0.3, 0.4) is 0 Å². The molecule has 430 valence electrons. The highest BCUT2D eigenvalue weighted by Gasteiger charge is 2.70. The van der Waals surface area contributed by atoms with E-state index in [2.05, 4.69) is 58.9 Å². The topological polar surface area (TPSA) is 271 Å². The van der Waals surface area contributed by atoms with Crippen molar-refractivity contribution in [3.05, 3.63) is 95.8 Å². The second-order valence-corrected chi connectivity index (χ2v) is 23.8. The number of fused-ring (bicyclic) bond motifs is 4. The molecule has 6 amide bonds. The maximum absolute atomic E-state index is 14.1. The Balaban J connectivity index is 0.000000185. The second kappa shape index (κ2) is 23.1. The lowest BCUT2D eigenvalue weighted by Gasteiger charge is -2.32. The average Bonchev–Trinajstić information content (AvgIpc) is 3.98. The molecule has 11 rings (SSSR count). The molecule has 6 aliphatic rings. The quantitative estimate of drug-likeness (QED) is 0.0594. The first-order valence-electron chi connectivity index (χ1n) is 28.2. The van der Waals surface area contributed by atoms with E-state index in [4.69, 9.17) is 14.2 Å². The molecule has 2 aromatic heterocycles. The number of carbonyl (C=O) groups excluding carboxylic acids is 8. The van der Waals surface area contributed by atoms with Gasteiger partial charge in [0, 0.05) is 59.8 Å². The average molecular weight is 1110 g/mol. The van der Waals surface area contributed by atoms with E-state index in [9.17, 15) is 43.5 Å². The van der Waals surface area contributed by atoms with Crippen LogP contribution >= 0.6 is 0 Å². The van der Waals surface area contributed by atoms with Crippen molar-refractivity contribution in [2.75, 3.05) is 53.6 Å². The van der Waals surface area contributed by atoms with Gasteiger partial charge in [0.15, 0.2) is 11.6 Å². The van der Waals surface area contributed by atoms with Gasteiger partial charge in [-0.05, 0) is 115 Å². The molecule has 20 nitrogen and oxygen atoms in total. The number of ketones is 2. The van der Waals surface area contributed by atoms with Gasteiger partial charge in [0.1, 0.15) is 48.2 Å². The Labute approximate surface area is 470 Å². The Bertz CT molecular complexity index is 3240. The molecular formula is C61H74N8O12. The van der Waals surface area contributed by atoms with Crippen LogP contribution in [0.25, 0.3) is 21.8 Å². The number of rotatable bonds is 19. The second-order valence-electron chi connectivity index (χ2n) is 23.8. The Kier molecular flexibility index (Phi) is 16.2. The molecule has 7 N–H and O–H groups in total. The van der Waals surface area contributed by atoms with E-state index in [-0.39, 0.29) is 102 Å². The van der Waals surface area contributed by atoms with Gasteiger partial charge in [-0.15, -0.1) is 0 Å². The SMILES string of the molecule is COc1cccc2[nH]c(C(=O)N3C[C@H]4[C@@H]([C@H]3C(=O)N[C@@H](C[C@@H]3CCCNC3=O)C(=O)CO)C4(C)C)cc12.COc1cccc2[nH]c(C(=O)N3C[C@H]4[C@@H]([C@H]3C(=O)N[C@@H](C[C@@H]3CCCNC3=O)C(=O)COCc3ccccc3)C4(C)C)cc12. The lowest BCUT2D eigenvalue weighted by Crippen LogP contribution is -2.55. The van der Waals surface area contributed by atoms with E-state index in [0.717, 1.165) is 40.2 Å². The summed E-state index contributed by atoms with van der Waals surface area (Å²) in [5.41, 5.74) is 2.98. The summed E-state index contributed by atoms with van der Waals surface area (Å²) in [7, 11) is 3.15. The summed E-state index contributed by atoms with van der Waals surface area (Å²) in [6, 6.07) is 20.7. The van der Waals surface area contributed by atoms with Crippen molar-refractivity contribution in [1.82, 2.24) is 41.0 Å². The number of hydrogen-bond acceptors (Lipinski definition) is 12. The van der Waals surface area contributed by atoms with Crippen molar-refractivity contribution in [2.45, 2.75) is 97.0 Å². The number of H-pyrrole nitrogens is 2. The van der Waals surface area contributed by atoms with Crippen LogP contribution in [0.5, 0.6) is 11.5 Å². The van der Waals surface area contributed by atoms with E-state index < -0.39 is 48.4 Å². The molecule has 0 bridgehead atoms. The van der Waals surface area contributed by atoms with Crippen LogP contribution in [0.2, 0.25) is 0 Å². The Morgan fingerprint density at radius 2 is 1.10 bits per heavy atom. The van der Waals surface area contributed by atoms with Crippen LogP contribution in [0.15, 0.2) is 78.9 Å². The fourth-order valence-electron chi connectivity index (χ4n) is 13.5. The number of amides is 6. The molecule has 5 aromatic rings. The minimum atomic E-state index is -0.999. The summed E-state index contributed by atoms with van der Waals surface area (Å²) < 4.78 is 16.6. The molecule has 2 saturated carbocycles. The Hall–Kier alpha value is -7.58. The zero-order valence-electron chi connectivity index (χ0n) is 46.8. The largest absolute Gasteiger partial charge is 0.496 e. The fourth-order valence-corrected chi connectivity index (χ4v) is 13.5. The normalized spacial score (nSPS) is 25.5. The molecular weight excluding hydrogens is 1040 g/mol. The monoisotopic (exact) mass is 1110 g/mol. The molecule has 0 radical (unpaired) electrons. The van der Waals surface area contributed by atoms with E-state index in [0.29, 0.717) is 61.9 Å². The number of Topliss-reactive ketones (excluding diaryl/α,β-unsaturated/α-hetero) is 2. The Morgan fingerprint density at radius 1 is 0.642 bits per heavy atom. The predicted octanol–water partition coefficient (Wildman–Crippen LogP) is 4.70. The van der Waals surface area contributed by atoms with Crippen molar-refractivity contribution < 1.29 is 57.7 Å². The van der Waals surface area contributed by atoms with E-state index in [1.54, 1.807) is 36.2 Å². The smallest absolute Gasteiger partial charge is 0.271 e. The predicted molar refractivity (Wildman–Crippen MR) is 299 cm³/mol. The van der Waals surface area contributed by atoms with Gasteiger partial charge in [0.25, 0.3) is 11.8 Å². The first-order valence-corrected chi connectivity index (χ1v) is 28.2. The van der Waals surface area contributed by atoms with E-state index in [1.807, 2.05) is 66.7 Å². The summed E-state index contributed by atoms with van der Waals surface area (Å²) >= 11 is 0. The van der Waals surface area contributed by atoms with Gasteiger partial charge in [-0.2, -0.15) is 0 Å². The minimum absolute atomic E-state index is 0.0339. The number of hydrogen-bond donors (Lipinski definition) is 7. The number of piperidine rings is 4. The molecule has 2 aliphatic carbocycles. The van der Waals surface area contributed by atoms with Crippen LogP contribution < -0.4 is 30.7 Å². The van der Waals surface area contributed by atoms with Crippen LogP contribution in [-0.4, -0.2) is 150 Å². The van der Waals surface area contributed by atoms with Gasteiger partial charge in [-0.1, -0.05) is 70.2 Å². The first-order chi connectivity index (χ1) is 38.9. The minimum Gasteiger partial charge on any atom is -0.496 e. The van der Waals surface area contributed by atoms with Crippen molar-refractivity contribution in [3.8, 4) is 11.5 Å². The molecule has 20 heteroatoms. The summed E-state index contributed by atoms with van der Waals surface area (Å²) in [4.78, 5) is 116. The van der Waals surface area contributed by atoms with Crippen LogP contribution in [-0.2, 0) is 40.1 Å². The number of likely N-dealkylation sites (tertiary alicyclic amines) is 2. The molecule has 10 atom stereocenters. The number of aliphatic hydroxyl groups excluding tert-OH is 1. The van der Waals surface area contributed by atoms with Crippen molar-refractivity contribution in [2.24, 2.45) is 46.3 Å². The third-order valence-electron chi connectivity index (χ3n) is 18.4. The highest BCUT2D eigenvalue weighted by atomic mass is 16.5. The van der Waals surface area contributed by atoms with Gasteiger partial charge in [0.05, 0.1) is 32.9 Å². The summed E-state index contributed by atoms with van der Waals surface area (Å²) in [6.45, 7) is 9.81. The van der Waals surface area contributed by atoms with Gasteiger partial charge < -0.3 is 60.4 Å². The first kappa shape index (κ1) is 56.7. The number of nitrogens with zero attached hydrogens (tertiary/aromatic N) is 2. The van der Waals surface area contributed by atoms with Gasteiger partial charge in [-0.3, -0.25) is 38.4 Å². The Morgan fingerprint density at radius 3 is 1.53 bits per heavy atom. The summed E-state index contributed by atoms with van der Waals surface area (Å²) in [5, 5.41) is 22.6. The van der Waals surface area contributed by atoms with Crippen LogP contribution in [0.4, 0.5) is 0 Å². The zero-order valence-corrected chi connectivity index (χ0v) is 46.8. The van der Waals surface area contributed by atoms with Gasteiger partial charge >= 0.3 is 0 Å². The highest BCUT2D eigenvalue weighted by Crippen LogP contribution is 2.66. The standard InChI is InChI=1S/C34H40N4O6.C27H34N4O6/c1-34(2)23-17-38(33(42)26-16-22-24(36-26)12-7-13-28(22)43-3)30(29(23)34)32(41)37-25(15-21-11-8-14-35-31(21)40)27(39)19-44-18-20-9-5-4-6-10-20;1-27(2)16-12-31(26(36)19-11-15-17(29-19)7-4-8-21(15)37-3)23(22(16)27)25(35)30-18(20(33)13-32)10-14-6-5-9-28-24(14)34/h4-7,9-10,12-13,16,21,23,25,29-30,36H,8,11,14-15,17-19H2,1-3H3,(H,35,40)(H,37,41);4,7-8,11,14,16,18,22-23,29,32H,5-6,9-10,12-13H2,1-3H3,(H,28,34)(H,30,35)/t21-,23-,25-,29-,30-;14-,16-,18-,22-,23-/m00/s1. The maximum atomic E-state index is 14.1. The molecule has 3 aromatic carbocycles. The fraction of sp³-hybridized carbons (Fsp3) is 0.508. The van der Waals surface area contributed by atoms with Gasteiger partial charge in [0.2, 0.25) is 23.6 Å². The molecule has 4 aliphatic heterocycles. The number of methoxy groups -OCH3 is 2. The number of carbonyl (C=O) groups is 8. The third kappa shape index (κ3) is 11.3. The summed E-state index contributed by atoms with van der Waals surface area (Å²) in [5.74, 6) is -1.70. The summed E-state index contributed by atoms with van der Waals surface area (Å²) in [6.07, 6.45) is 3.18. The molecule has 0 spiro atoms. The number of benzene rings is 3. The lowest BCUT2D eigenvalue weighted by molar-refractivity contribution is -0.135. The zero-order chi connectivity index (χ0) is 57.5. The van der Waals surface area contributed by atoms with E-state index in [1.165, 1.54) is 0 Å². The molecule has 6 fully saturated rings. The molecule has 6 heterocycles. The van der Waals surface area contributed by atoms with Crippen molar-refractivity contribution >= 4 is 68.8 Å². The van der Waals surface area contributed by atoms with Gasteiger partial charge in [-0.25, -0.2) is 0 Å². The van der Waals surface area contributed by atoms with Crippen molar-refractivity contribution in [1.29, 1.82) is 0 Å². The van der Waals surface area contributed by atoms with Crippen molar-refractivity contribution in [3.63, 3.8) is 0 Å². The number of nitrogens with one attached hydrogen (secondary N) is 6. The van der Waals surface area contributed by atoms with Crippen LogP contribution in [0.1, 0.15) is 92.8 Å². The molecule has 81 heavy (non-hydrogen) atoms. The number of aliphatic hydroxyl groups is 1. The third-order valence-corrected chi connectivity index (χ3v) is 18.4. The van der Waals surface area contributed by atoms with Crippen LogP contribution in [0, 0.1) is 46.3 Å². The lowest BCUT2D eigenvalue weighted by atomic mass is 9.89. The number of aromatic nitrogens is 2. The molecule has 4 saturated heterocycles. The molecule has 0 unspecified atom stereocenters. The highest BCUT2D eigenvalue weighted by molar-refractivity contribution is 6.04. The van der Waals surface area contributed by atoms with E-state index >= 15 is 0 Å². The maximum Gasteiger partial charge on any atom is 0.271 e.